The maximum atomic E-state index is 6.54. The van der Waals surface area contributed by atoms with Crippen LogP contribution in [0.15, 0.2) is 23.3 Å². The molecule has 0 N–H and O–H groups in total. The fourth-order valence-electron chi connectivity index (χ4n) is 3.59. The van der Waals surface area contributed by atoms with E-state index in [0.717, 1.165) is 45.5 Å². The Morgan fingerprint density at radius 3 is 2.10 bits per heavy atom. The van der Waals surface area contributed by atoms with E-state index >= 15 is 0 Å². The molecule has 1 fully saturated rings. The van der Waals surface area contributed by atoms with E-state index in [-0.39, 0.29) is 10.8 Å². The molecule has 1 aliphatic heterocycles. The molecule has 31 heavy (non-hydrogen) atoms. The summed E-state index contributed by atoms with van der Waals surface area (Å²) in [4.78, 5) is 0. The SMILES string of the molecule is C/C(=C\CCC1(C)OCCO1)CC/C=C(\C)CCC(CO[Si](C)(C)C(C)(C)C)C(C)C. The molecule has 182 valence electrons. The number of rotatable bonds is 13. The van der Waals surface area contributed by atoms with Crippen LogP contribution in [0.3, 0.4) is 0 Å². The van der Waals surface area contributed by atoms with Crippen LogP contribution in [0.5, 0.6) is 0 Å². The van der Waals surface area contributed by atoms with Crippen molar-refractivity contribution in [3.63, 3.8) is 0 Å². The zero-order valence-corrected chi connectivity index (χ0v) is 23.4. The smallest absolute Gasteiger partial charge is 0.191 e. The Kier molecular flexibility index (Phi) is 11.7. The van der Waals surface area contributed by atoms with E-state index in [9.17, 15) is 0 Å². The average Bonchev–Trinajstić information content (AvgIpc) is 3.06. The van der Waals surface area contributed by atoms with Crippen molar-refractivity contribution >= 4 is 8.32 Å². The zero-order valence-electron chi connectivity index (χ0n) is 22.4. The van der Waals surface area contributed by atoms with Crippen molar-refractivity contribution in [1.29, 1.82) is 0 Å². The van der Waals surface area contributed by atoms with Crippen molar-refractivity contribution in [3.8, 4) is 0 Å². The van der Waals surface area contributed by atoms with E-state index in [4.69, 9.17) is 13.9 Å². The molecule has 1 aliphatic rings. The molecule has 1 saturated heterocycles. The van der Waals surface area contributed by atoms with E-state index < -0.39 is 8.32 Å². The van der Waals surface area contributed by atoms with Gasteiger partial charge in [0.05, 0.1) is 13.2 Å². The molecule has 0 aromatic rings. The summed E-state index contributed by atoms with van der Waals surface area (Å²) in [6.07, 6.45) is 11.4. The fraction of sp³-hybridized carbons (Fsp3) is 0.852. The Morgan fingerprint density at radius 2 is 1.55 bits per heavy atom. The van der Waals surface area contributed by atoms with E-state index in [0.29, 0.717) is 11.8 Å². The Hall–Kier alpha value is -0.423. The van der Waals surface area contributed by atoms with Crippen LogP contribution in [-0.2, 0) is 13.9 Å². The fourth-order valence-corrected chi connectivity index (χ4v) is 4.65. The van der Waals surface area contributed by atoms with Gasteiger partial charge in [-0.3, -0.25) is 0 Å². The van der Waals surface area contributed by atoms with Gasteiger partial charge in [0, 0.05) is 13.0 Å². The van der Waals surface area contributed by atoms with Crippen LogP contribution >= 0.6 is 0 Å². The van der Waals surface area contributed by atoms with Gasteiger partial charge in [0.25, 0.3) is 0 Å². The van der Waals surface area contributed by atoms with Gasteiger partial charge in [0.2, 0.25) is 0 Å². The van der Waals surface area contributed by atoms with Gasteiger partial charge < -0.3 is 13.9 Å². The molecule has 0 amide bonds. The van der Waals surface area contributed by atoms with Crippen LogP contribution in [0.4, 0.5) is 0 Å². The minimum atomic E-state index is -1.66. The largest absolute Gasteiger partial charge is 0.417 e. The number of hydrogen-bond donors (Lipinski definition) is 0. The van der Waals surface area contributed by atoms with Crippen LogP contribution in [-0.4, -0.2) is 33.9 Å². The van der Waals surface area contributed by atoms with Crippen molar-refractivity contribution in [3.05, 3.63) is 23.3 Å². The molecular weight excluding hydrogens is 400 g/mol. The lowest BCUT2D eigenvalue weighted by Crippen LogP contribution is -2.42. The Bertz CT molecular complexity index is 578. The first-order valence-corrected chi connectivity index (χ1v) is 15.4. The highest BCUT2D eigenvalue weighted by Crippen LogP contribution is 2.37. The highest BCUT2D eigenvalue weighted by molar-refractivity contribution is 6.74. The predicted octanol–water partition coefficient (Wildman–Crippen LogP) is 8.28. The van der Waals surface area contributed by atoms with E-state index in [1.165, 1.54) is 24.0 Å². The number of hydrogen-bond acceptors (Lipinski definition) is 3. The first kappa shape index (κ1) is 28.6. The lowest BCUT2D eigenvalue weighted by molar-refractivity contribution is -0.145. The molecule has 0 saturated carbocycles. The maximum absolute atomic E-state index is 6.54. The third-order valence-corrected chi connectivity index (χ3v) is 11.8. The molecule has 1 unspecified atom stereocenters. The molecule has 1 heterocycles. The molecule has 0 bridgehead atoms. The Labute approximate surface area is 195 Å². The second-order valence-corrected chi connectivity index (χ2v) is 16.4. The summed E-state index contributed by atoms with van der Waals surface area (Å²) >= 11 is 0. The third kappa shape index (κ3) is 10.8. The van der Waals surface area contributed by atoms with Gasteiger partial charge in [0.15, 0.2) is 14.1 Å². The summed E-state index contributed by atoms with van der Waals surface area (Å²) in [7, 11) is -1.66. The molecular formula is C27H52O3Si. The molecule has 1 atom stereocenters. The standard InChI is InChI=1S/C27H52O3Si/c1-22(2)25(21-30-31(9,10)26(5,6)7)17-16-24(4)14-11-13-23(3)15-12-18-27(8)28-19-20-29-27/h14-15,22,25H,11-13,16-21H2,1-10H3/b23-15+,24-14+. The summed E-state index contributed by atoms with van der Waals surface area (Å²) in [5.74, 6) is 0.937. The van der Waals surface area contributed by atoms with E-state index in [1.54, 1.807) is 0 Å². The Morgan fingerprint density at radius 1 is 1.00 bits per heavy atom. The van der Waals surface area contributed by atoms with Crippen LogP contribution in [0, 0.1) is 11.8 Å². The van der Waals surface area contributed by atoms with Crippen molar-refractivity contribution in [2.75, 3.05) is 19.8 Å². The summed E-state index contributed by atoms with van der Waals surface area (Å²) < 4.78 is 17.9. The second kappa shape index (κ2) is 12.7. The highest BCUT2D eigenvalue weighted by atomic mass is 28.4. The molecule has 4 heteroatoms. The van der Waals surface area contributed by atoms with Crippen LogP contribution < -0.4 is 0 Å². The van der Waals surface area contributed by atoms with Crippen LogP contribution in [0.25, 0.3) is 0 Å². The van der Waals surface area contributed by atoms with Gasteiger partial charge >= 0.3 is 0 Å². The van der Waals surface area contributed by atoms with Gasteiger partial charge in [-0.25, -0.2) is 0 Å². The molecule has 1 rings (SSSR count). The lowest BCUT2D eigenvalue weighted by Gasteiger charge is -2.38. The highest BCUT2D eigenvalue weighted by Gasteiger charge is 2.37. The minimum absolute atomic E-state index is 0.282. The van der Waals surface area contributed by atoms with Gasteiger partial charge in [-0.2, -0.15) is 0 Å². The first-order chi connectivity index (χ1) is 14.3. The zero-order chi connectivity index (χ0) is 23.7. The molecule has 0 aromatic carbocycles. The molecule has 0 aromatic heterocycles. The predicted molar refractivity (Wildman–Crippen MR) is 137 cm³/mol. The monoisotopic (exact) mass is 452 g/mol. The number of ether oxygens (including phenoxy) is 2. The molecule has 0 aliphatic carbocycles. The van der Waals surface area contributed by atoms with Gasteiger partial charge in [-0.05, 0) is 82.8 Å². The summed E-state index contributed by atoms with van der Waals surface area (Å²) in [6.45, 7) is 25.3. The quantitative estimate of drug-likeness (QED) is 0.208. The minimum Gasteiger partial charge on any atom is -0.417 e. The van der Waals surface area contributed by atoms with E-state index in [2.05, 4.69) is 80.6 Å². The lowest BCUT2D eigenvalue weighted by atomic mass is 9.90. The maximum Gasteiger partial charge on any atom is 0.191 e. The normalized spacial score (nSPS) is 19.3. The van der Waals surface area contributed by atoms with Crippen LogP contribution in [0.1, 0.15) is 93.9 Å². The van der Waals surface area contributed by atoms with Crippen molar-refractivity contribution < 1.29 is 13.9 Å². The van der Waals surface area contributed by atoms with Gasteiger partial charge in [0.1, 0.15) is 0 Å². The van der Waals surface area contributed by atoms with Gasteiger partial charge in [-0.15, -0.1) is 0 Å². The average molecular weight is 453 g/mol. The Balaban J connectivity index is 2.37. The second-order valence-electron chi connectivity index (χ2n) is 11.6. The van der Waals surface area contributed by atoms with Crippen LogP contribution in [0.2, 0.25) is 18.1 Å². The summed E-state index contributed by atoms with van der Waals surface area (Å²) in [5, 5.41) is 0.282. The topological polar surface area (TPSA) is 27.7 Å². The molecule has 0 radical (unpaired) electrons. The van der Waals surface area contributed by atoms with Crippen molar-refractivity contribution in [2.24, 2.45) is 11.8 Å². The summed E-state index contributed by atoms with van der Waals surface area (Å²) in [5.41, 5.74) is 2.99. The van der Waals surface area contributed by atoms with Crippen molar-refractivity contribution in [1.82, 2.24) is 0 Å². The van der Waals surface area contributed by atoms with E-state index in [1.807, 2.05) is 0 Å². The third-order valence-electron chi connectivity index (χ3n) is 7.34. The molecule has 0 spiro atoms. The van der Waals surface area contributed by atoms with Gasteiger partial charge in [-0.1, -0.05) is 57.9 Å². The first-order valence-electron chi connectivity index (χ1n) is 12.5. The number of allylic oxidation sites excluding steroid dienone is 4. The molecule has 3 nitrogen and oxygen atoms in total. The summed E-state index contributed by atoms with van der Waals surface area (Å²) in [6, 6.07) is 0. The van der Waals surface area contributed by atoms with Crippen molar-refractivity contribution in [2.45, 2.75) is 118 Å².